The third kappa shape index (κ3) is 12.8. The van der Waals surface area contributed by atoms with Gasteiger partial charge in [-0.3, -0.25) is 4.79 Å². The molecule has 4 N–H and O–H groups in total. The average Bonchev–Trinajstić information content (AvgIpc) is 2.78. The molecule has 1 aromatic rings. The number of carbonyl (C=O) groups is 1. The summed E-state index contributed by atoms with van der Waals surface area (Å²) in [5.74, 6) is 0.844. The number of likely N-dealkylation sites (N-methyl/N-ethyl adjacent to an activating group) is 1. The largest absolute Gasteiger partial charge is 0.493 e. The second kappa shape index (κ2) is 18.0. The number of benzene rings is 1. The Labute approximate surface area is 190 Å². The molecule has 0 spiro atoms. The number of nitrogens with zero attached hydrogens (tertiary/aromatic N) is 1. The molecular weight excluding hydrogens is 386 g/mol. The summed E-state index contributed by atoms with van der Waals surface area (Å²) in [6.45, 7) is 4.14. The molecule has 5 nitrogen and oxygen atoms in total. The summed E-state index contributed by atoms with van der Waals surface area (Å²) < 4.78 is 6.05. The molecular formula is C26H47N3O2. The Balaban J connectivity index is 2.28. The molecule has 0 saturated heterocycles. The molecule has 1 atom stereocenters. The summed E-state index contributed by atoms with van der Waals surface area (Å²) in [4.78, 5) is 14.2. The number of hydrogen-bond acceptors (Lipinski definition) is 4. The van der Waals surface area contributed by atoms with Gasteiger partial charge in [-0.25, -0.2) is 0 Å². The maximum Gasteiger partial charge on any atom is 0.239 e. The third-order valence-electron chi connectivity index (χ3n) is 5.80. The van der Waals surface area contributed by atoms with E-state index in [1.807, 2.05) is 31.3 Å². The molecule has 0 fully saturated rings. The molecule has 31 heavy (non-hydrogen) atoms. The fourth-order valence-electron chi connectivity index (χ4n) is 3.80. The Bertz CT molecular complexity index is 580. The molecule has 1 rings (SSSR count). The molecule has 0 radical (unpaired) electrons. The van der Waals surface area contributed by atoms with Crippen LogP contribution in [0.1, 0.15) is 96.0 Å². The lowest BCUT2D eigenvalue weighted by Gasteiger charge is -2.22. The number of rotatable bonds is 19. The van der Waals surface area contributed by atoms with Crippen LogP contribution in [-0.2, 0) is 11.3 Å². The highest BCUT2D eigenvalue weighted by atomic mass is 16.5. The number of para-hydroxylation sites is 1. The van der Waals surface area contributed by atoms with Gasteiger partial charge in [0, 0.05) is 19.2 Å². The van der Waals surface area contributed by atoms with Crippen LogP contribution < -0.4 is 16.2 Å². The van der Waals surface area contributed by atoms with Gasteiger partial charge in [-0.1, -0.05) is 89.3 Å². The van der Waals surface area contributed by atoms with Crippen molar-refractivity contribution in [3.05, 3.63) is 29.8 Å². The van der Waals surface area contributed by atoms with Gasteiger partial charge in [0.05, 0.1) is 12.6 Å². The number of hydrogen-bond donors (Lipinski definition) is 2. The Morgan fingerprint density at radius 3 is 2.19 bits per heavy atom. The highest BCUT2D eigenvalue weighted by Crippen LogP contribution is 2.20. The Morgan fingerprint density at radius 2 is 1.55 bits per heavy atom. The van der Waals surface area contributed by atoms with Crippen molar-refractivity contribution in [3.8, 4) is 5.75 Å². The summed E-state index contributed by atoms with van der Waals surface area (Å²) in [7, 11) is 1.81. The first kappa shape index (κ1) is 27.4. The van der Waals surface area contributed by atoms with Crippen molar-refractivity contribution >= 4 is 5.91 Å². The van der Waals surface area contributed by atoms with E-state index in [1.165, 1.54) is 57.8 Å². The van der Waals surface area contributed by atoms with Crippen LogP contribution in [0.3, 0.4) is 0 Å². The van der Waals surface area contributed by atoms with Gasteiger partial charge in [0.1, 0.15) is 5.75 Å². The van der Waals surface area contributed by atoms with Gasteiger partial charge >= 0.3 is 0 Å². The predicted molar refractivity (Wildman–Crippen MR) is 131 cm³/mol. The molecule has 0 heterocycles. The minimum absolute atomic E-state index is 0.0264. The van der Waals surface area contributed by atoms with Gasteiger partial charge in [-0.15, -0.1) is 0 Å². The average molecular weight is 434 g/mol. The van der Waals surface area contributed by atoms with E-state index in [9.17, 15) is 4.79 Å². The lowest BCUT2D eigenvalue weighted by atomic mass is 10.1. The van der Waals surface area contributed by atoms with E-state index in [2.05, 4.69) is 6.92 Å². The van der Waals surface area contributed by atoms with E-state index >= 15 is 0 Å². The number of nitrogens with two attached hydrogens (primary N) is 2. The smallest absolute Gasteiger partial charge is 0.239 e. The second-order valence-corrected chi connectivity index (χ2v) is 8.72. The van der Waals surface area contributed by atoms with Crippen LogP contribution in [0.15, 0.2) is 24.3 Å². The van der Waals surface area contributed by atoms with E-state index in [-0.39, 0.29) is 5.91 Å². The topological polar surface area (TPSA) is 81.6 Å². The SMILES string of the molecule is CCCCCCCCCCCCOc1ccccc1CN(C)C(=O)C(N)CCCCN. The summed E-state index contributed by atoms with van der Waals surface area (Å²) in [5.41, 5.74) is 12.6. The molecule has 1 amide bonds. The number of unbranched alkanes of at least 4 members (excludes halogenated alkanes) is 10. The second-order valence-electron chi connectivity index (χ2n) is 8.72. The molecule has 0 aliphatic carbocycles. The molecule has 0 saturated carbocycles. The van der Waals surface area contributed by atoms with Gasteiger partial charge < -0.3 is 21.1 Å². The summed E-state index contributed by atoms with van der Waals surface area (Å²) in [6.07, 6.45) is 15.6. The van der Waals surface area contributed by atoms with Gasteiger partial charge in [0.2, 0.25) is 5.91 Å². The first-order valence-corrected chi connectivity index (χ1v) is 12.5. The molecule has 178 valence electrons. The van der Waals surface area contributed by atoms with Crippen molar-refractivity contribution in [1.29, 1.82) is 0 Å². The van der Waals surface area contributed by atoms with Crippen molar-refractivity contribution < 1.29 is 9.53 Å². The zero-order chi connectivity index (χ0) is 22.7. The normalized spacial score (nSPS) is 12.0. The van der Waals surface area contributed by atoms with E-state index in [1.54, 1.807) is 4.90 Å². The predicted octanol–water partition coefficient (Wildman–Crippen LogP) is 5.40. The molecule has 0 aromatic heterocycles. The number of ether oxygens (including phenoxy) is 1. The fraction of sp³-hybridized carbons (Fsp3) is 0.731. The van der Waals surface area contributed by atoms with Crippen molar-refractivity contribution in [2.75, 3.05) is 20.2 Å². The molecule has 1 unspecified atom stereocenters. The minimum Gasteiger partial charge on any atom is -0.493 e. The van der Waals surface area contributed by atoms with E-state index in [0.29, 0.717) is 19.5 Å². The molecule has 0 bridgehead atoms. The van der Waals surface area contributed by atoms with Crippen LogP contribution in [0, 0.1) is 0 Å². The lowest BCUT2D eigenvalue weighted by Crippen LogP contribution is -2.41. The highest BCUT2D eigenvalue weighted by Gasteiger charge is 2.18. The molecule has 5 heteroatoms. The van der Waals surface area contributed by atoms with Crippen LogP contribution in [0.25, 0.3) is 0 Å². The number of amides is 1. The maximum absolute atomic E-state index is 12.5. The third-order valence-corrected chi connectivity index (χ3v) is 5.80. The van der Waals surface area contributed by atoms with E-state index in [4.69, 9.17) is 16.2 Å². The minimum atomic E-state index is -0.462. The van der Waals surface area contributed by atoms with Crippen LogP contribution in [0.5, 0.6) is 5.75 Å². The van der Waals surface area contributed by atoms with Crippen LogP contribution >= 0.6 is 0 Å². The van der Waals surface area contributed by atoms with Crippen molar-refractivity contribution in [2.45, 2.75) is 103 Å². The van der Waals surface area contributed by atoms with Gasteiger partial charge in [0.15, 0.2) is 0 Å². The first-order chi connectivity index (χ1) is 15.1. The number of carbonyl (C=O) groups excluding carboxylic acids is 1. The van der Waals surface area contributed by atoms with Crippen molar-refractivity contribution in [1.82, 2.24) is 4.90 Å². The highest BCUT2D eigenvalue weighted by molar-refractivity contribution is 5.81. The molecule has 1 aromatic carbocycles. The van der Waals surface area contributed by atoms with Crippen molar-refractivity contribution in [2.24, 2.45) is 11.5 Å². The standard InChI is InChI=1S/C26H47N3O2/c1-3-4-5-6-7-8-9-10-11-16-21-31-25-19-13-12-17-23(25)22-29(2)26(30)24(28)18-14-15-20-27/h12-13,17,19,24H,3-11,14-16,18,20-22,27-28H2,1-2H3. The summed E-state index contributed by atoms with van der Waals surface area (Å²) in [5, 5.41) is 0. The Morgan fingerprint density at radius 1 is 0.935 bits per heavy atom. The van der Waals surface area contributed by atoms with Crippen LogP contribution in [0.2, 0.25) is 0 Å². The Kier molecular flexibility index (Phi) is 16.0. The monoisotopic (exact) mass is 433 g/mol. The summed E-state index contributed by atoms with van der Waals surface area (Å²) >= 11 is 0. The van der Waals surface area contributed by atoms with Crippen LogP contribution in [0.4, 0.5) is 0 Å². The van der Waals surface area contributed by atoms with Crippen molar-refractivity contribution in [3.63, 3.8) is 0 Å². The first-order valence-electron chi connectivity index (χ1n) is 12.5. The van der Waals surface area contributed by atoms with Crippen LogP contribution in [-0.4, -0.2) is 37.0 Å². The van der Waals surface area contributed by atoms with Gasteiger partial charge in [-0.05, 0) is 31.9 Å². The zero-order valence-corrected chi connectivity index (χ0v) is 20.1. The summed E-state index contributed by atoms with van der Waals surface area (Å²) in [6, 6.07) is 7.53. The quantitative estimate of drug-likeness (QED) is 0.286. The van der Waals surface area contributed by atoms with Gasteiger partial charge in [0.25, 0.3) is 0 Å². The van der Waals surface area contributed by atoms with E-state index in [0.717, 1.165) is 37.2 Å². The van der Waals surface area contributed by atoms with Gasteiger partial charge in [-0.2, -0.15) is 0 Å². The molecule has 0 aliphatic rings. The maximum atomic E-state index is 12.5. The fourth-order valence-corrected chi connectivity index (χ4v) is 3.80. The lowest BCUT2D eigenvalue weighted by molar-refractivity contribution is -0.132. The zero-order valence-electron chi connectivity index (χ0n) is 20.1. The van der Waals surface area contributed by atoms with E-state index < -0.39 is 6.04 Å². The Hall–Kier alpha value is -1.59. The molecule has 0 aliphatic heterocycles.